The average molecular weight is 257 g/mol. The van der Waals surface area contributed by atoms with E-state index in [9.17, 15) is 14.4 Å². The molecule has 1 saturated heterocycles. The number of hydrogen-bond acceptors (Lipinski definition) is 3. The number of aliphatic carboxylic acids is 1. The van der Waals surface area contributed by atoms with Crippen LogP contribution in [0.1, 0.15) is 25.7 Å². The zero-order valence-electron chi connectivity index (χ0n) is 10.4. The van der Waals surface area contributed by atoms with Crippen LogP contribution in [0.5, 0.6) is 0 Å². The highest BCUT2D eigenvalue weighted by Gasteiger charge is 2.28. The lowest BCUT2D eigenvalue weighted by atomic mass is 10.00. The maximum absolute atomic E-state index is 11.9. The van der Waals surface area contributed by atoms with Crippen molar-refractivity contribution in [1.29, 1.82) is 0 Å². The molecule has 1 aliphatic rings. The van der Waals surface area contributed by atoms with Crippen LogP contribution in [0.3, 0.4) is 0 Å². The Hall–Kier alpha value is -1.79. The van der Waals surface area contributed by atoms with Crippen molar-refractivity contribution in [3.8, 4) is 0 Å². The van der Waals surface area contributed by atoms with Gasteiger partial charge in [0.2, 0.25) is 5.91 Å². The molecule has 0 aromatic heterocycles. The van der Waals surface area contributed by atoms with Gasteiger partial charge in [-0.3, -0.25) is 9.59 Å². The lowest BCUT2D eigenvalue weighted by Crippen LogP contribution is -2.51. The first-order valence-corrected chi connectivity index (χ1v) is 6.01. The van der Waals surface area contributed by atoms with Crippen molar-refractivity contribution in [2.24, 2.45) is 0 Å². The largest absolute Gasteiger partial charge is 0.481 e. The molecule has 0 saturated carbocycles. The molecular formula is C11H19N3O4. The van der Waals surface area contributed by atoms with Crippen molar-refractivity contribution < 1.29 is 19.5 Å². The lowest BCUT2D eigenvalue weighted by molar-refractivity contribution is -0.138. The second kappa shape index (κ2) is 6.83. The summed E-state index contributed by atoms with van der Waals surface area (Å²) in [6.07, 6.45) is 2.44. The number of hydrogen-bond donors (Lipinski definition) is 3. The molecule has 0 bridgehead atoms. The highest BCUT2D eigenvalue weighted by molar-refractivity contribution is 5.84. The summed E-state index contributed by atoms with van der Waals surface area (Å²) < 4.78 is 0. The van der Waals surface area contributed by atoms with Crippen LogP contribution in [0.25, 0.3) is 0 Å². The van der Waals surface area contributed by atoms with Gasteiger partial charge in [0.25, 0.3) is 0 Å². The first-order chi connectivity index (χ1) is 8.54. The van der Waals surface area contributed by atoms with Crippen LogP contribution >= 0.6 is 0 Å². The fraction of sp³-hybridized carbons (Fsp3) is 0.727. The Bertz CT molecular complexity index is 332. The third kappa shape index (κ3) is 4.23. The van der Waals surface area contributed by atoms with Crippen molar-refractivity contribution in [2.45, 2.75) is 31.7 Å². The first-order valence-electron chi connectivity index (χ1n) is 6.01. The maximum Gasteiger partial charge on any atom is 0.318 e. The molecule has 1 heterocycles. The molecule has 1 unspecified atom stereocenters. The number of nitrogens with zero attached hydrogens (tertiary/aromatic N) is 1. The Balaban J connectivity index is 2.51. The Labute approximate surface area is 106 Å². The third-order valence-electron chi connectivity index (χ3n) is 2.98. The van der Waals surface area contributed by atoms with Crippen LogP contribution in [0.4, 0.5) is 4.79 Å². The van der Waals surface area contributed by atoms with Crippen molar-refractivity contribution in [3.63, 3.8) is 0 Å². The minimum absolute atomic E-state index is 0.0482. The number of carboxylic acid groups (broad SMARTS) is 1. The number of likely N-dealkylation sites (N-methyl/N-ethyl adjacent to an activating group) is 1. The smallest absolute Gasteiger partial charge is 0.318 e. The normalized spacial score (nSPS) is 19.2. The fourth-order valence-corrected chi connectivity index (χ4v) is 2.03. The van der Waals surface area contributed by atoms with E-state index < -0.39 is 5.97 Å². The standard InChI is InChI=1S/C11H19N3O4/c1-12-9(15)7-13-11(18)14-5-3-2-4-8(14)6-10(16)17/h8H,2-7H2,1H3,(H,12,15)(H,13,18)(H,16,17). The molecule has 0 aromatic rings. The molecule has 7 heteroatoms. The van der Waals surface area contributed by atoms with E-state index in [1.807, 2.05) is 0 Å². The van der Waals surface area contributed by atoms with E-state index in [4.69, 9.17) is 5.11 Å². The van der Waals surface area contributed by atoms with Gasteiger partial charge in [0, 0.05) is 19.6 Å². The molecule has 1 aliphatic heterocycles. The average Bonchev–Trinajstić information content (AvgIpc) is 2.35. The Morgan fingerprint density at radius 1 is 1.33 bits per heavy atom. The zero-order valence-corrected chi connectivity index (χ0v) is 10.4. The number of urea groups is 1. The van der Waals surface area contributed by atoms with Crippen LogP contribution in [-0.2, 0) is 9.59 Å². The predicted molar refractivity (Wildman–Crippen MR) is 64.1 cm³/mol. The number of piperidine rings is 1. The van der Waals surface area contributed by atoms with Gasteiger partial charge >= 0.3 is 12.0 Å². The van der Waals surface area contributed by atoms with Crippen LogP contribution in [-0.4, -0.2) is 54.1 Å². The number of amides is 3. The molecule has 102 valence electrons. The summed E-state index contributed by atoms with van der Waals surface area (Å²) in [5.74, 6) is -1.19. The van der Waals surface area contributed by atoms with Gasteiger partial charge in [-0.2, -0.15) is 0 Å². The summed E-state index contributed by atoms with van der Waals surface area (Å²) in [6.45, 7) is 0.448. The maximum atomic E-state index is 11.9. The molecule has 1 rings (SSSR count). The molecule has 0 radical (unpaired) electrons. The Kier molecular flexibility index (Phi) is 5.41. The summed E-state index contributed by atoms with van der Waals surface area (Å²) in [7, 11) is 1.49. The number of carbonyl (C=O) groups is 3. The SMILES string of the molecule is CNC(=O)CNC(=O)N1CCCCC1CC(=O)O. The van der Waals surface area contributed by atoms with Gasteiger partial charge in [-0.05, 0) is 19.3 Å². The minimum atomic E-state index is -0.911. The number of rotatable bonds is 4. The van der Waals surface area contributed by atoms with Gasteiger partial charge < -0.3 is 20.6 Å². The summed E-state index contributed by atoms with van der Waals surface area (Å²) in [4.78, 5) is 35.1. The second-order valence-electron chi connectivity index (χ2n) is 4.27. The molecule has 3 amide bonds. The zero-order chi connectivity index (χ0) is 13.5. The molecule has 3 N–H and O–H groups in total. The van der Waals surface area contributed by atoms with Gasteiger partial charge in [0.1, 0.15) is 0 Å². The lowest BCUT2D eigenvalue weighted by Gasteiger charge is -2.34. The minimum Gasteiger partial charge on any atom is -0.481 e. The molecule has 0 spiro atoms. The molecule has 0 aromatic carbocycles. The second-order valence-corrected chi connectivity index (χ2v) is 4.27. The summed E-state index contributed by atoms with van der Waals surface area (Å²) >= 11 is 0. The highest BCUT2D eigenvalue weighted by Crippen LogP contribution is 2.19. The summed E-state index contributed by atoms with van der Waals surface area (Å²) in [6, 6.07) is -0.648. The van der Waals surface area contributed by atoms with Crippen molar-refractivity contribution >= 4 is 17.9 Å². The quantitative estimate of drug-likeness (QED) is 0.648. The van der Waals surface area contributed by atoms with Crippen molar-refractivity contribution in [3.05, 3.63) is 0 Å². The molecular weight excluding hydrogens is 238 g/mol. The van der Waals surface area contributed by atoms with Crippen LogP contribution < -0.4 is 10.6 Å². The van der Waals surface area contributed by atoms with Crippen LogP contribution in [0.15, 0.2) is 0 Å². The van der Waals surface area contributed by atoms with Gasteiger partial charge in [-0.25, -0.2) is 4.79 Å². The van der Waals surface area contributed by atoms with Crippen molar-refractivity contribution in [1.82, 2.24) is 15.5 Å². The number of carboxylic acids is 1. The fourth-order valence-electron chi connectivity index (χ4n) is 2.03. The van der Waals surface area contributed by atoms with Gasteiger partial charge in [0.05, 0.1) is 13.0 Å². The number of nitrogens with one attached hydrogen (secondary N) is 2. The molecule has 1 fully saturated rings. The summed E-state index contributed by atoms with van der Waals surface area (Å²) in [5.41, 5.74) is 0. The van der Waals surface area contributed by atoms with E-state index in [1.165, 1.54) is 11.9 Å². The Morgan fingerprint density at radius 3 is 2.67 bits per heavy atom. The van der Waals surface area contributed by atoms with Gasteiger partial charge in [-0.1, -0.05) is 0 Å². The van der Waals surface area contributed by atoms with E-state index in [2.05, 4.69) is 10.6 Å². The van der Waals surface area contributed by atoms with Crippen molar-refractivity contribution in [2.75, 3.05) is 20.1 Å². The van der Waals surface area contributed by atoms with E-state index in [0.29, 0.717) is 13.0 Å². The van der Waals surface area contributed by atoms with E-state index in [0.717, 1.165) is 12.8 Å². The Morgan fingerprint density at radius 2 is 2.06 bits per heavy atom. The van der Waals surface area contributed by atoms with Gasteiger partial charge in [-0.15, -0.1) is 0 Å². The molecule has 18 heavy (non-hydrogen) atoms. The van der Waals surface area contributed by atoms with E-state index in [1.54, 1.807) is 0 Å². The summed E-state index contributed by atoms with van der Waals surface area (Å²) in [5, 5.41) is 13.7. The monoisotopic (exact) mass is 257 g/mol. The molecule has 1 atom stereocenters. The topological polar surface area (TPSA) is 98.7 Å². The highest BCUT2D eigenvalue weighted by atomic mass is 16.4. The number of likely N-dealkylation sites (tertiary alicyclic amines) is 1. The van der Waals surface area contributed by atoms with E-state index >= 15 is 0 Å². The number of carbonyl (C=O) groups excluding carboxylic acids is 2. The molecule has 7 nitrogen and oxygen atoms in total. The van der Waals surface area contributed by atoms with Crippen LogP contribution in [0, 0.1) is 0 Å². The third-order valence-corrected chi connectivity index (χ3v) is 2.98. The molecule has 0 aliphatic carbocycles. The predicted octanol–water partition coefficient (Wildman–Crippen LogP) is -0.229. The first kappa shape index (κ1) is 14.3. The van der Waals surface area contributed by atoms with Crippen LogP contribution in [0.2, 0.25) is 0 Å². The van der Waals surface area contributed by atoms with Gasteiger partial charge in [0.15, 0.2) is 0 Å². The van der Waals surface area contributed by atoms with E-state index in [-0.39, 0.29) is 30.9 Å².